The van der Waals surface area contributed by atoms with E-state index >= 15 is 0 Å². The molecule has 1 unspecified atom stereocenters. The Kier molecular flexibility index (Phi) is 30.5. The summed E-state index contributed by atoms with van der Waals surface area (Å²) in [6, 6.07) is 0. The van der Waals surface area contributed by atoms with E-state index in [-0.39, 0.29) is 18.0 Å². The Morgan fingerprint density at radius 3 is 1.63 bits per heavy atom. The van der Waals surface area contributed by atoms with E-state index < -0.39 is 0 Å². The van der Waals surface area contributed by atoms with Gasteiger partial charge in [-0.3, -0.25) is 9.59 Å². The maximum absolute atomic E-state index is 12.4. The Morgan fingerprint density at radius 1 is 0.585 bits per heavy atom. The van der Waals surface area contributed by atoms with Crippen molar-refractivity contribution in [2.24, 2.45) is 0 Å². The van der Waals surface area contributed by atoms with Crippen LogP contribution in [-0.4, -0.2) is 50.2 Å². The van der Waals surface area contributed by atoms with Crippen molar-refractivity contribution in [1.82, 2.24) is 4.90 Å². The third-order valence-electron chi connectivity index (χ3n) is 7.80. The average Bonchev–Trinajstić information content (AvgIpc) is 2.94. The minimum Gasteiger partial charge on any atom is -0.462 e. The summed E-state index contributed by atoms with van der Waals surface area (Å²) in [5.74, 6) is -0.0900. The number of unbranched alkanes of at least 4 members (excludes halogenated alkanes) is 17. The summed E-state index contributed by atoms with van der Waals surface area (Å²) in [6.07, 6.45) is 32.7. The summed E-state index contributed by atoms with van der Waals surface area (Å²) in [5, 5.41) is 0. The normalized spacial score (nSPS) is 12.3. The molecule has 0 radical (unpaired) electrons. The van der Waals surface area contributed by atoms with E-state index in [1.54, 1.807) is 0 Å². The largest absolute Gasteiger partial charge is 0.462 e. The van der Waals surface area contributed by atoms with Crippen LogP contribution in [0, 0.1) is 0 Å². The summed E-state index contributed by atoms with van der Waals surface area (Å²) < 4.78 is 11.2. The molecule has 5 nitrogen and oxygen atoms in total. The second-order valence-electron chi connectivity index (χ2n) is 12.3. The molecule has 0 aliphatic rings. The molecule has 0 spiro atoms. The molecule has 0 aliphatic carbocycles. The molecule has 0 aromatic heterocycles. The van der Waals surface area contributed by atoms with Crippen molar-refractivity contribution in [3.63, 3.8) is 0 Å². The number of ether oxygens (including phenoxy) is 2. The molecule has 0 rings (SSSR count). The molecule has 0 heterocycles. The van der Waals surface area contributed by atoms with Crippen molar-refractivity contribution in [1.29, 1.82) is 0 Å². The number of nitrogens with zero attached hydrogens (tertiary/aromatic N) is 1. The number of rotatable bonds is 31. The number of hydrogen-bond donors (Lipinski definition) is 0. The van der Waals surface area contributed by atoms with Crippen LogP contribution in [0.5, 0.6) is 0 Å². The van der Waals surface area contributed by atoms with Gasteiger partial charge in [0.1, 0.15) is 12.7 Å². The average molecular weight is 580 g/mol. The predicted octanol–water partition coefficient (Wildman–Crippen LogP) is 10.4. The van der Waals surface area contributed by atoms with E-state index in [0.29, 0.717) is 19.4 Å². The Bertz CT molecular complexity index is 604. The zero-order valence-electron chi connectivity index (χ0n) is 27.9. The lowest BCUT2D eigenvalue weighted by Gasteiger charge is -2.18. The summed E-state index contributed by atoms with van der Waals surface area (Å²) in [6.45, 7) is 5.83. The van der Waals surface area contributed by atoms with E-state index in [0.717, 1.165) is 51.5 Å². The molecule has 0 saturated heterocycles. The first-order valence-corrected chi connectivity index (χ1v) is 17.6. The lowest BCUT2D eigenvalue weighted by Crippen LogP contribution is -2.20. The maximum Gasteiger partial charge on any atom is 0.306 e. The van der Waals surface area contributed by atoms with Crippen LogP contribution in [0.4, 0.5) is 0 Å². The van der Waals surface area contributed by atoms with Gasteiger partial charge < -0.3 is 14.4 Å². The van der Waals surface area contributed by atoms with Gasteiger partial charge in [0.2, 0.25) is 0 Å². The van der Waals surface area contributed by atoms with Gasteiger partial charge in [0.15, 0.2) is 0 Å². The first kappa shape index (κ1) is 39.6. The Morgan fingerprint density at radius 2 is 1.07 bits per heavy atom. The van der Waals surface area contributed by atoms with Crippen LogP contribution in [0.1, 0.15) is 174 Å². The van der Waals surface area contributed by atoms with Crippen LogP contribution in [-0.2, 0) is 19.1 Å². The summed E-state index contributed by atoms with van der Waals surface area (Å²) >= 11 is 0. The zero-order chi connectivity index (χ0) is 30.2. The van der Waals surface area contributed by atoms with Crippen LogP contribution in [0.25, 0.3) is 0 Å². The van der Waals surface area contributed by atoms with Gasteiger partial charge in [-0.2, -0.15) is 0 Å². The van der Waals surface area contributed by atoms with Crippen molar-refractivity contribution in [3.8, 4) is 0 Å². The van der Waals surface area contributed by atoms with Crippen LogP contribution >= 0.6 is 0 Å². The molecule has 0 amide bonds. The standard InChI is InChI=1S/C36H69NO4/c1-5-7-9-11-13-15-19-23-28-34(41-36(39)31-27-32-37(3)4)29-24-20-16-14-17-21-25-30-35(38)40-33-26-22-18-12-10-8-6-2/h22,26,34H,5-21,23-25,27-33H2,1-4H3/b26-22-. The zero-order valence-corrected chi connectivity index (χ0v) is 27.9. The highest BCUT2D eigenvalue weighted by molar-refractivity contribution is 5.69. The van der Waals surface area contributed by atoms with Crippen molar-refractivity contribution >= 4 is 11.9 Å². The molecule has 41 heavy (non-hydrogen) atoms. The number of allylic oxidation sites excluding steroid dienone is 1. The van der Waals surface area contributed by atoms with Gasteiger partial charge in [0.05, 0.1) is 0 Å². The second-order valence-corrected chi connectivity index (χ2v) is 12.3. The maximum atomic E-state index is 12.4. The van der Waals surface area contributed by atoms with Crippen LogP contribution in [0.3, 0.4) is 0 Å². The molecule has 1 atom stereocenters. The van der Waals surface area contributed by atoms with Crippen molar-refractivity contribution in [2.75, 3.05) is 27.2 Å². The molecule has 242 valence electrons. The minimum absolute atomic E-state index is 0.0200. The highest BCUT2D eigenvalue weighted by atomic mass is 16.5. The fraction of sp³-hybridized carbons (Fsp3) is 0.889. The molecule has 5 heteroatoms. The van der Waals surface area contributed by atoms with E-state index in [1.165, 1.54) is 103 Å². The first-order valence-electron chi connectivity index (χ1n) is 17.6. The quantitative estimate of drug-likeness (QED) is 0.0464. The van der Waals surface area contributed by atoms with Gasteiger partial charge in [-0.25, -0.2) is 0 Å². The molecule has 0 aromatic rings. The lowest BCUT2D eigenvalue weighted by atomic mass is 10.0. The summed E-state index contributed by atoms with van der Waals surface area (Å²) in [7, 11) is 4.09. The lowest BCUT2D eigenvalue weighted by molar-refractivity contribution is -0.150. The number of hydrogen-bond acceptors (Lipinski definition) is 5. The smallest absolute Gasteiger partial charge is 0.306 e. The van der Waals surface area contributed by atoms with Crippen molar-refractivity contribution < 1.29 is 19.1 Å². The number of esters is 2. The molecule has 0 aromatic carbocycles. The fourth-order valence-electron chi connectivity index (χ4n) is 5.17. The molecular formula is C36H69NO4. The van der Waals surface area contributed by atoms with Crippen LogP contribution < -0.4 is 0 Å². The van der Waals surface area contributed by atoms with Crippen molar-refractivity contribution in [2.45, 2.75) is 180 Å². The topological polar surface area (TPSA) is 55.8 Å². The molecule has 0 fully saturated rings. The Hall–Kier alpha value is -1.36. The fourth-order valence-corrected chi connectivity index (χ4v) is 5.17. The van der Waals surface area contributed by atoms with Gasteiger partial charge in [-0.05, 0) is 72.0 Å². The summed E-state index contributed by atoms with van der Waals surface area (Å²) in [5.41, 5.74) is 0. The first-order chi connectivity index (χ1) is 20.0. The summed E-state index contributed by atoms with van der Waals surface area (Å²) in [4.78, 5) is 26.4. The Balaban J connectivity index is 3.94. The molecule has 0 aliphatic heterocycles. The van der Waals surface area contributed by atoms with Gasteiger partial charge >= 0.3 is 11.9 Å². The van der Waals surface area contributed by atoms with Crippen LogP contribution in [0.2, 0.25) is 0 Å². The molecule has 0 saturated carbocycles. The third kappa shape index (κ3) is 31.4. The highest BCUT2D eigenvalue weighted by Gasteiger charge is 2.14. The predicted molar refractivity (Wildman–Crippen MR) is 175 cm³/mol. The van der Waals surface area contributed by atoms with Crippen LogP contribution in [0.15, 0.2) is 12.2 Å². The third-order valence-corrected chi connectivity index (χ3v) is 7.80. The SMILES string of the molecule is CCCCCC/C=C\COC(=O)CCCCCCCCCC(CCCCCCCCCC)OC(=O)CCCN(C)C. The molecule has 0 N–H and O–H groups in total. The van der Waals surface area contributed by atoms with Gasteiger partial charge in [-0.15, -0.1) is 0 Å². The number of carbonyl (C=O) groups is 2. The van der Waals surface area contributed by atoms with Gasteiger partial charge in [0.25, 0.3) is 0 Å². The monoisotopic (exact) mass is 580 g/mol. The Labute approximate surface area is 255 Å². The van der Waals surface area contributed by atoms with Gasteiger partial charge in [0, 0.05) is 12.8 Å². The second kappa shape index (κ2) is 31.6. The number of carbonyl (C=O) groups excluding carboxylic acids is 2. The minimum atomic E-state index is -0.0700. The van der Waals surface area contributed by atoms with E-state index in [2.05, 4.69) is 24.8 Å². The highest BCUT2D eigenvalue weighted by Crippen LogP contribution is 2.18. The van der Waals surface area contributed by atoms with E-state index in [4.69, 9.17) is 9.47 Å². The van der Waals surface area contributed by atoms with Crippen molar-refractivity contribution in [3.05, 3.63) is 12.2 Å². The van der Waals surface area contributed by atoms with E-state index in [1.807, 2.05) is 20.2 Å². The molecular weight excluding hydrogens is 510 g/mol. The van der Waals surface area contributed by atoms with E-state index in [9.17, 15) is 9.59 Å². The van der Waals surface area contributed by atoms with Gasteiger partial charge in [-0.1, -0.05) is 122 Å². The molecule has 0 bridgehead atoms.